The van der Waals surface area contributed by atoms with Gasteiger partial charge in [0.2, 0.25) is 5.91 Å². The number of aliphatic hydroxyl groups is 2. The van der Waals surface area contributed by atoms with Crippen LogP contribution in [0.4, 0.5) is 0 Å². The number of amides is 1. The fourth-order valence-corrected chi connectivity index (χ4v) is 8.49. The van der Waals surface area contributed by atoms with Crippen molar-refractivity contribution in [3.05, 3.63) is 12.2 Å². The standard InChI is InChI=1S/C54H105NO5/c1-4-7-10-13-16-19-22-24-26-27-29-32-34-37-40-43-46-52(57)51(49-56)55-53(58)48-50(45-42-39-36-33-31-28-25-23-20-17-14-11-8-5-2)60-54(59)47-44-41-38-35-30-21-18-15-12-9-6-3/h28,31,50-52,56-57H,4-27,29-30,32-49H2,1-3H3,(H,55,58)/b31-28+. The van der Waals surface area contributed by atoms with Crippen molar-refractivity contribution in [3.8, 4) is 0 Å². The summed E-state index contributed by atoms with van der Waals surface area (Å²) >= 11 is 0. The molecule has 1 amide bonds. The predicted molar refractivity (Wildman–Crippen MR) is 260 cm³/mol. The summed E-state index contributed by atoms with van der Waals surface area (Å²) in [4.78, 5) is 26.1. The molecule has 60 heavy (non-hydrogen) atoms. The minimum absolute atomic E-state index is 0.0740. The zero-order chi connectivity index (χ0) is 43.8. The van der Waals surface area contributed by atoms with Crippen molar-refractivity contribution < 1.29 is 24.5 Å². The lowest BCUT2D eigenvalue weighted by atomic mass is 10.0. The first-order valence-electron chi connectivity index (χ1n) is 26.9. The van der Waals surface area contributed by atoms with Crippen LogP contribution in [0.5, 0.6) is 0 Å². The van der Waals surface area contributed by atoms with E-state index in [1.165, 1.54) is 193 Å². The molecule has 6 heteroatoms. The maximum Gasteiger partial charge on any atom is 0.306 e. The Morgan fingerprint density at radius 2 is 0.800 bits per heavy atom. The van der Waals surface area contributed by atoms with Crippen LogP contribution in [0.3, 0.4) is 0 Å². The Labute approximate surface area is 374 Å². The number of carbonyl (C=O) groups excluding carboxylic acids is 2. The summed E-state index contributed by atoms with van der Waals surface area (Å²) in [5.41, 5.74) is 0. The highest BCUT2D eigenvalue weighted by atomic mass is 16.5. The van der Waals surface area contributed by atoms with E-state index in [2.05, 4.69) is 38.2 Å². The summed E-state index contributed by atoms with van der Waals surface area (Å²) in [6.45, 7) is 6.50. The molecule has 0 aliphatic heterocycles. The van der Waals surface area contributed by atoms with Crippen LogP contribution in [0, 0.1) is 0 Å². The van der Waals surface area contributed by atoms with E-state index in [1.54, 1.807) is 0 Å². The minimum Gasteiger partial charge on any atom is -0.462 e. The molecule has 3 unspecified atom stereocenters. The summed E-state index contributed by atoms with van der Waals surface area (Å²) in [6, 6.07) is -0.700. The number of carbonyl (C=O) groups is 2. The molecule has 0 bridgehead atoms. The topological polar surface area (TPSA) is 95.9 Å². The molecule has 0 saturated heterocycles. The van der Waals surface area contributed by atoms with Crippen molar-refractivity contribution in [2.24, 2.45) is 0 Å². The zero-order valence-electron chi connectivity index (χ0n) is 40.6. The lowest BCUT2D eigenvalue weighted by molar-refractivity contribution is -0.151. The van der Waals surface area contributed by atoms with E-state index in [0.717, 1.165) is 57.8 Å². The number of unbranched alkanes of at least 4 members (excludes halogenated alkanes) is 35. The second kappa shape index (κ2) is 48.6. The summed E-state index contributed by atoms with van der Waals surface area (Å²) in [7, 11) is 0. The Hall–Kier alpha value is -1.40. The number of hydrogen-bond acceptors (Lipinski definition) is 5. The summed E-state index contributed by atoms with van der Waals surface area (Å²) in [6.07, 6.45) is 54.1. The molecule has 356 valence electrons. The van der Waals surface area contributed by atoms with Gasteiger partial charge in [0.15, 0.2) is 0 Å². The number of esters is 1. The van der Waals surface area contributed by atoms with Crippen molar-refractivity contribution in [3.63, 3.8) is 0 Å². The third-order valence-electron chi connectivity index (χ3n) is 12.6. The van der Waals surface area contributed by atoms with Gasteiger partial charge in [-0.1, -0.05) is 245 Å². The fraction of sp³-hybridized carbons (Fsp3) is 0.926. The quantitative estimate of drug-likeness (QED) is 0.0322. The molecular weight excluding hydrogens is 743 g/mol. The van der Waals surface area contributed by atoms with Crippen LogP contribution in [0.15, 0.2) is 12.2 Å². The van der Waals surface area contributed by atoms with Crippen LogP contribution >= 0.6 is 0 Å². The zero-order valence-corrected chi connectivity index (χ0v) is 40.6. The van der Waals surface area contributed by atoms with Gasteiger partial charge in [-0.05, 0) is 51.4 Å². The van der Waals surface area contributed by atoms with Gasteiger partial charge in [-0.25, -0.2) is 0 Å². The number of aliphatic hydroxyl groups excluding tert-OH is 2. The first-order valence-corrected chi connectivity index (χ1v) is 26.9. The summed E-state index contributed by atoms with van der Waals surface area (Å²) in [5, 5.41) is 23.8. The molecule has 0 aromatic rings. The Bertz CT molecular complexity index is 909. The van der Waals surface area contributed by atoms with Crippen LogP contribution in [-0.2, 0) is 14.3 Å². The Kier molecular flexibility index (Phi) is 47.5. The molecule has 0 aliphatic carbocycles. The molecule has 0 fully saturated rings. The van der Waals surface area contributed by atoms with Crippen LogP contribution in [0.2, 0.25) is 0 Å². The van der Waals surface area contributed by atoms with E-state index >= 15 is 0 Å². The van der Waals surface area contributed by atoms with Gasteiger partial charge in [0.05, 0.1) is 25.2 Å². The second-order valence-electron chi connectivity index (χ2n) is 18.6. The third-order valence-corrected chi connectivity index (χ3v) is 12.6. The van der Waals surface area contributed by atoms with E-state index in [9.17, 15) is 19.8 Å². The SMILES string of the molecule is CCCCCCCCC/C=C/CCCCCC(CC(=O)NC(CO)C(O)CCCCCCCCCCCCCCCCCC)OC(=O)CCCCCCCCCCCCC. The highest BCUT2D eigenvalue weighted by Gasteiger charge is 2.24. The van der Waals surface area contributed by atoms with Crippen molar-refractivity contribution in [2.75, 3.05) is 6.61 Å². The molecule has 0 rings (SSSR count). The number of allylic oxidation sites excluding steroid dienone is 2. The maximum atomic E-state index is 13.2. The van der Waals surface area contributed by atoms with Crippen LogP contribution in [0.1, 0.15) is 297 Å². The molecule has 6 nitrogen and oxygen atoms in total. The van der Waals surface area contributed by atoms with Gasteiger partial charge >= 0.3 is 5.97 Å². The van der Waals surface area contributed by atoms with E-state index in [-0.39, 0.29) is 24.9 Å². The Morgan fingerprint density at radius 1 is 0.467 bits per heavy atom. The van der Waals surface area contributed by atoms with Crippen molar-refractivity contribution in [1.82, 2.24) is 5.32 Å². The number of hydrogen-bond donors (Lipinski definition) is 3. The van der Waals surface area contributed by atoms with E-state index in [0.29, 0.717) is 19.3 Å². The molecular formula is C54H105NO5. The molecule has 3 N–H and O–H groups in total. The van der Waals surface area contributed by atoms with Gasteiger partial charge in [0, 0.05) is 6.42 Å². The second-order valence-corrected chi connectivity index (χ2v) is 18.6. The maximum absolute atomic E-state index is 13.2. The molecule has 3 atom stereocenters. The number of ether oxygens (including phenoxy) is 1. The van der Waals surface area contributed by atoms with Gasteiger partial charge in [0.25, 0.3) is 0 Å². The fourth-order valence-electron chi connectivity index (χ4n) is 8.49. The Balaban J connectivity index is 4.50. The molecule has 0 aromatic heterocycles. The van der Waals surface area contributed by atoms with E-state index in [1.807, 2.05) is 0 Å². The van der Waals surface area contributed by atoms with Crippen LogP contribution < -0.4 is 5.32 Å². The highest BCUT2D eigenvalue weighted by Crippen LogP contribution is 2.18. The minimum atomic E-state index is -0.786. The normalized spacial score (nSPS) is 13.2. The average molecular weight is 848 g/mol. The van der Waals surface area contributed by atoms with Crippen molar-refractivity contribution in [2.45, 2.75) is 315 Å². The van der Waals surface area contributed by atoms with E-state index in [4.69, 9.17) is 4.74 Å². The highest BCUT2D eigenvalue weighted by molar-refractivity contribution is 5.77. The van der Waals surface area contributed by atoms with Gasteiger partial charge < -0.3 is 20.3 Å². The molecule has 0 saturated carbocycles. The molecule has 0 aliphatic rings. The molecule has 0 heterocycles. The first-order chi connectivity index (χ1) is 29.5. The summed E-state index contributed by atoms with van der Waals surface area (Å²) in [5.74, 6) is -0.472. The number of rotatable bonds is 49. The van der Waals surface area contributed by atoms with E-state index < -0.39 is 18.2 Å². The lowest BCUT2D eigenvalue weighted by Crippen LogP contribution is -2.46. The molecule has 0 spiro atoms. The average Bonchev–Trinajstić information content (AvgIpc) is 3.24. The van der Waals surface area contributed by atoms with Gasteiger partial charge in [-0.15, -0.1) is 0 Å². The van der Waals surface area contributed by atoms with Gasteiger partial charge in [-0.2, -0.15) is 0 Å². The largest absolute Gasteiger partial charge is 0.462 e. The van der Waals surface area contributed by atoms with Crippen LogP contribution in [-0.4, -0.2) is 46.9 Å². The summed E-state index contributed by atoms with van der Waals surface area (Å²) < 4.78 is 5.93. The molecule has 0 radical (unpaired) electrons. The first kappa shape index (κ1) is 58.6. The van der Waals surface area contributed by atoms with Gasteiger partial charge in [0.1, 0.15) is 6.10 Å². The lowest BCUT2D eigenvalue weighted by Gasteiger charge is -2.24. The molecule has 0 aromatic carbocycles. The smallest absolute Gasteiger partial charge is 0.306 e. The van der Waals surface area contributed by atoms with Gasteiger partial charge in [-0.3, -0.25) is 9.59 Å². The third kappa shape index (κ3) is 43.3. The predicted octanol–water partition coefficient (Wildman–Crippen LogP) is 16.1. The Morgan fingerprint density at radius 3 is 1.20 bits per heavy atom. The van der Waals surface area contributed by atoms with Crippen molar-refractivity contribution >= 4 is 11.9 Å². The van der Waals surface area contributed by atoms with Crippen molar-refractivity contribution in [1.29, 1.82) is 0 Å². The van der Waals surface area contributed by atoms with Crippen LogP contribution in [0.25, 0.3) is 0 Å². The number of nitrogens with one attached hydrogen (secondary N) is 1. The monoisotopic (exact) mass is 848 g/mol.